The minimum absolute atomic E-state index is 0.0553. The summed E-state index contributed by atoms with van der Waals surface area (Å²) in [5.41, 5.74) is 5.56. The van der Waals surface area contributed by atoms with Crippen molar-refractivity contribution in [3.63, 3.8) is 0 Å². The minimum Gasteiger partial charge on any atom is -0.481 e. The zero-order chi connectivity index (χ0) is 15.7. The van der Waals surface area contributed by atoms with Crippen LogP contribution in [0.2, 0.25) is 0 Å². The Morgan fingerprint density at radius 1 is 1.18 bits per heavy atom. The largest absolute Gasteiger partial charge is 0.481 e. The summed E-state index contributed by atoms with van der Waals surface area (Å²) in [6.45, 7) is 4.15. The third-order valence-electron chi connectivity index (χ3n) is 3.65. The number of aromatic amines is 1. The molecule has 0 fully saturated rings. The van der Waals surface area contributed by atoms with Crippen LogP contribution in [0.4, 0.5) is 0 Å². The number of aliphatic carboxylic acids is 1. The third kappa shape index (κ3) is 2.74. The van der Waals surface area contributed by atoms with Gasteiger partial charge in [-0.05, 0) is 25.5 Å². The van der Waals surface area contributed by atoms with Gasteiger partial charge in [0.25, 0.3) is 0 Å². The number of H-pyrrole nitrogens is 1. The van der Waals surface area contributed by atoms with Crippen molar-refractivity contribution in [1.29, 1.82) is 0 Å². The van der Waals surface area contributed by atoms with Gasteiger partial charge < -0.3 is 10.1 Å². The number of thioether (sulfide) groups is 1. The molecule has 1 heterocycles. The van der Waals surface area contributed by atoms with Crippen molar-refractivity contribution in [3.8, 4) is 11.3 Å². The first kappa shape index (κ1) is 14.7. The first-order valence-electron chi connectivity index (χ1n) is 7.09. The Labute approximate surface area is 133 Å². The Kier molecular flexibility index (Phi) is 3.94. The molecule has 0 atom stereocenters. The van der Waals surface area contributed by atoms with Crippen LogP contribution in [0.5, 0.6) is 0 Å². The van der Waals surface area contributed by atoms with E-state index in [4.69, 9.17) is 5.11 Å². The number of carboxylic acids is 1. The average Bonchev–Trinajstić information content (AvgIpc) is 2.83. The fraction of sp³-hybridized carbons (Fsp3) is 0.167. The van der Waals surface area contributed by atoms with E-state index in [0.29, 0.717) is 0 Å². The molecule has 3 rings (SSSR count). The summed E-state index contributed by atoms with van der Waals surface area (Å²) in [5.74, 6) is -0.749. The number of hydrogen-bond acceptors (Lipinski definition) is 2. The van der Waals surface area contributed by atoms with Gasteiger partial charge in [-0.2, -0.15) is 0 Å². The maximum Gasteiger partial charge on any atom is 0.313 e. The van der Waals surface area contributed by atoms with E-state index in [1.807, 2.05) is 24.3 Å². The second-order valence-electron chi connectivity index (χ2n) is 5.38. The first-order valence-corrected chi connectivity index (χ1v) is 8.08. The Morgan fingerprint density at radius 2 is 1.95 bits per heavy atom. The zero-order valence-corrected chi connectivity index (χ0v) is 13.3. The lowest BCUT2D eigenvalue weighted by molar-refractivity contribution is -0.133. The second kappa shape index (κ2) is 5.89. The molecule has 0 aliphatic heterocycles. The topological polar surface area (TPSA) is 53.1 Å². The maximum absolute atomic E-state index is 11.0. The van der Waals surface area contributed by atoms with E-state index in [1.54, 1.807) is 0 Å². The van der Waals surface area contributed by atoms with Crippen molar-refractivity contribution < 1.29 is 9.90 Å². The molecule has 22 heavy (non-hydrogen) atoms. The highest BCUT2D eigenvalue weighted by molar-refractivity contribution is 8.00. The van der Waals surface area contributed by atoms with Crippen LogP contribution >= 0.6 is 11.8 Å². The molecule has 0 spiro atoms. The number of carbonyl (C=O) groups is 1. The van der Waals surface area contributed by atoms with E-state index in [2.05, 4.69) is 37.0 Å². The van der Waals surface area contributed by atoms with Crippen LogP contribution in [-0.4, -0.2) is 21.8 Å². The summed E-state index contributed by atoms with van der Waals surface area (Å²) < 4.78 is 0. The van der Waals surface area contributed by atoms with E-state index >= 15 is 0 Å². The van der Waals surface area contributed by atoms with Crippen LogP contribution in [0.25, 0.3) is 22.2 Å². The van der Waals surface area contributed by atoms with Crippen molar-refractivity contribution in [1.82, 2.24) is 4.98 Å². The van der Waals surface area contributed by atoms with Crippen LogP contribution in [0, 0.1) is 13.8 Å². The molecule has 2 N–H and O–H groups in total. The van der Waals surface area contributed by atoms with E-state index in [9.17, 15) is 4.79 Å². The highest BCUT2D eigenvalue weighted by atomic mass is 32.2. The number of nitrogens with one attached hydrogen (secondary N) is 1. The zero-order valence-electron chi connectivity index (χ0n) is 12.5. The second-order valence-corrected chi connectivity index (χ2v) is 6.36. The molecule has 0 saturated carbocycles. The van der Waals surface area contributed by atoms with Gasteiger partial charge in [-0.15, -0.1) is 11.8 Å². The van der Waals surface area contributed by atoms with Crippen molar-refractivity contribution >= 4 is 28.6 Å². The van der Waals surface area contributed by atoms with E-state index < -0.39 is 5.97 Å². The van der Waals surface area contributed by atoms with Crippen LogP contribution in [0.1, 0.15) is 11.1 Å². The van der Waals surface area contributed by atoms with Gasteiger partial charge in [0.05, 0.1) is 11.4 Å². The summed E-state index contributed by atoms with van der Waals surface area (Å²) >= 11 is 1.37. The van der Waals surface area contributed by atoms with E-state index in [-0.39, 0.29) is 5.75 Å². The highest BCUT2D eigenvalue weighted by Crippen LogP contribution is 2.38. The van der Waals surface area contributed by atoms with E-state index in [0.717, 1.165) is 27.1 Å². The summed E-state index contributed by atoms with van der Waals surface area (Å²) in [6, 6.07) is 14.3. The SMILES string of the molecule is Cc1ccc(-c2[nH]c3ccccc3c2SCC(=O)O)c(C)c1. The van der Waals surface area contributed by atoms with Crippen molar-refractivity contribution in [2.75, 3.05) is 5.75 Å². The third-order valence-corrected chi connectivity index (χ3v) is 4.75. The summed E-state index contributed by atoms with van der Waals surface area (Å²) in [6.07, 6.45) is 0. The van der Waals surface area contributed by atoms with E-state index in [1.165, 1.54) is 22.9 Å². The molecule has 0 bridgehead atoms. The molecule has 0 saturated heterocycles. The predicted octanol–water partition coefficient (Wildman–Crippen LogP) is 4.63. The molecule has 0 radical (unpaired) electrons. The lowest BCUT2D eigenvalue weighted by Gasteiger charge is -2.08. The Bertz CT molecular complexity index is 851. The number of hydrogen-bond donors (Lipinski definition) is 2. The van der Waals surface area contributed by atoms with Crippen LogP contribution in [0.15, 0.2) is 47.4 Å². The summed E-state index contributed by atoms with van der Waals surface area (Å²) in [5, 5.41) is 10.1. The van der Waals surface area contributed by atoms with Gasteiger partial charge in [0, 0.05) is 21.4 Å². The molecule has 1 aromatic heterocycles. The number of carboxylic acid groups (broad SMARTS) is 1. The normalized spacial score (nSPS) is 11.0. The average molecular weight is 311 g/mol. The van der Waals surface area contributed by atoms with Crippen LogP contribution in [-0.2, 0) is 4.79 Å². The maximum atomic E-state index is 11.0. The smallest absolute Gasteiger partial charge is 0.313 e. The number of aryl methyl sites for hydroxylation is 2. The van der Waals surface area contributed by atoms with Gasteiger partial charge in [-0.25, -0.2) is 0 Å². The predicted molar refractivity (Wildman–Crippen MR) is 91.6 cm³/mol. The first-order chi connectivity index (χ1) is 10.6. The minimum atomic E-state index is -0.804. The van der Waals surface area contributed by atoms with Crippen molar-refractivity contribution in [2.24, 2.45) is 0 Å². The molecule has 2 aromatic carbocycles. The number of benzene rings is 2. The Morgan fingerprint density at radius 3 is 2.68 bits per heavy atom. The number of rotatable bonds is 4. The summed E-state index contributed by atoms with van der Waals surface area (Å²) in [4.78, 5) is 15.4. The Hall–Kier alpha value is -2.20. The quantitative estimate of drug-likeness (QED) is 0.691. The molecule has 0 amide bonds. The molecule has 3 nitrogen and oxygen atoms in total. The van der Waals surface area contributed by atoms with Crippen molar-refractivity contribution in [2.45, 2.75) is 18.7 Å². The van der Waals surface area contributed by atoms with Gasteiger partial charge >= 0.3 is 5.97 Å². The van der Waals surface area contributed by atoms with Crippen molar-refractivity contribution in [3.05, 3.63) is 53.6 Å². The van der Waals surface area contributed by atoms with Gasteiger partial charge in [-0.3, -0.25) is 4.79 Å². The van der Waals surface area contributed by atoms with Gasteiger partial charge in [0.2, 0.25) is 0 Å². The molecule has 0 aliphatic rings. The van der Waals surface area contributed by atoms with Gasteiger partial charge in [0.1, 0.15) is 0 Å². The summed E-state index contributed by atoms with van der Waals surface area (Å²) in [7, 11) is 0. The van der Waals surface area contributed by atoms with Gasteiger partial charge in [-0.1, -0.05) is 42.0 Å². The molecular formula is C18H17NO2S. The lowest BCUT2D eigenvalue weighted by atomic mass is 10.0. The molecule has 112 valence electrons. The fourth-order valence-electron chi connectivity index (χ4n) is 2.68. The van der Waals surface area contributed by atoms with Crippen LogP contribution in [0.3, 0.4) is 0 Å². The number of aromatic nitrogens is 1. The molecule has 4 heteroatoms. The molecular weight excluding hydrogens is 294 g/mol. The van der Waals surface area contributed by atoms with Crippen LogP contribution < -0.4 is 0 Å². The van der Waals surface area contributed by atoms with Gasteiger partial charge in [0.15, 0.2) is 0 Å². The fourth-order valence-corrected chi connectivity index (χ4v) is 3.59. The number of para-hydroxylation sites is 1. The lowest BCUT2D eigenvalue weighted by Crippen LogP contribution is -1.97. The molecule has 0 unspecified atom stereocenters. The molecule has 3 aromatic rings. The monoisotopic (exact) mass is 311 g/mol. The Balaban J connectivity index is 2.19. The molecule has 0 aliphatic carbocycles. The highest BCUT2D eigenvalue weighted by Gasteiger charge is 2.16. The number of fused-ring (bicyclic) bond motifs is 1. The standard InChI is InChI=1S/C18H17NO2S/c1-11-7-8-13(12(2)9-11)17-18(22-10-16(20)21)14-5-3-4-6-15(14)19-17/h3-9,19H,10H2,1-2H3,(H,20,21).